The van der Waals surface area contributed by atoms with E-state index in [0.29, 0.717) is 36.2 Å². The quantitative estimate of drug-likeness (QED) is 0.198. The summed E-state index contributed by atoms with van der Waals surface area (Å²) in [6, 6.07) is 12.5. The van der Waals surface area contributed by atoms with E-state index in [1.807, 2.05) is 12.1 Å². The number of hydrogen-bond donors (Lipinski definition) is 2. The zero-order valence-electron chi connectivity index (χ0n) is 26.9. The molecule has 0 amide bonds. The summed E-state index contributed by atoms with van der Waals surface area (Å²) in [5.74, 6) is 1.70. The van der Waals surface area contributed by atoms with Crippen LogP contribution < -0.4 is 20.9 Å². The average Bonchev–Trinajstić information content (AvgIpc) is 3.00. The minimum Gasteiger partial charge on any atom is -0.427 e. The second-order valence-electron chi connectivity index (χ2n) is 14.8. The third kappa shape index (κ3) is 6.22. The van der Waals surface area contributed by atoms with Gasteiger partial charge in [0.15, 0.2) is 0 Å². The van der Waals surface area contributed by atoms with Gasteiger partial charge in [-0.3, -0.25) is 9.59 Å². The molecule has 4 bridgehead atoms. The number of esters is 2. The zero-order valence-corrected chi connectivity index (χ0v) is 26.9. The Labute approximate surface area is 263 Å². The molecule has 0 heterocycles. The largest absolute Gasteiger partial charge is 0.427 e. The second kappa shape index (κ2) is 13.0. The van der Waals surface area contributed by atoms with Gasteiger partial charge in [-0.1, -0.05) is 64.5 Å². The summed E-state index contributed by atoms with van der Waals surface area (Å²) in [5.41, 5.74) is 18.7. The van der Waals surface area contributed by atoms with Gasteiger partial charge in [-0.2, -0.15) is 0 Å². The number of rotatable bonds is 7. The van der Waals surface area contributed by atoms with Crippen LogP contribution in [0.2, 0.25) is 0 Å². The van der Waals surface area contributed by atoms with Crippen LogP contribution in [0.25, 0.3) is 0 Å². The summed E-state index contributed by atoms with van der Waals surface area (Å²) >= 11 is 0. The summed E-state index contributed by atoms with van der Waals surface area (Å²) in [4.78, 5) is 25.5. The standard InChI is InChI=1S/C38H52N2O4/c1-37-19-9-3-5-11-27(35(37)39)21-25-15-17-29(23-31(25)37)43-33(41)13-7-8-14-34(42)44-30-18-16-26-22-28-12-6-4-10-20-38(2,36(28)40)32(26)24-30/h15-18,23-24,27-28,35-36H,3-14,19-22,39-40H2,1-2H3/t27-,28?,35-,36-,37+,38+/m0/s1. The van der Waals surface area contributed by atoms with Crippen molar-refractivity contribution in [3.63, 3.8) is 0 Å². The first kappa shape index (κ1) is 31.3. The average molecular weight is 601 g/mol. The molecule has 1 unspecified atom stereocenters. The van der Waals surface area contributed by atoms with Crippen molar-refractivity contribution in [1.29, 1.82) is 0 Å². The number of carbonyl (C=O) groups excluding carboxylic acids is 2. The molecule has 2 saturated carbocycles. The number of nitrogens with two attached hydrogens (primary N) is 2. The van der Waals surface area contributed by atoms with Crippen LogP contribution in [0, 0.1) is 11.8 Å². The maximum absolute atomic E-state index is 12.7. The van der Waals surface area contributed by atoms with E-state index in [2.05, 4.69) is 38.1 Å². The minimum atomic E-state index is -0.268. The van der Waals surface area contributed by atoms with Crippen LogP contribution in [0.4, 0.5) is 0 Å². The van der Waals surface area contributed by atoms with Crippen LogP contribution in [-0.2, 0) is 33.3 Å². The van der Waals surface area contributed by atoms with Gasteiger partial charge in [-0.05, 0) is 110 Å². The SMILES string of the molecule is C[C@@]12CCCCCC(Cc3ccc(OC(=O)CCCCC(=O)Oc4ccc5c(c4)[C@@]4(C)CCCCC[C@@H](C5)[C@@H]4N)cc31)[C@@H]2N. The Hall–Kier alpha value is -2.70. The molecule has 44 heavy (non-hydrogen) atoms. The van der Waals surface area contributed by atoms with Crippen LogP contribution in [0.15, 0.2) is 36.4 Å². The van der Waals surface area contributed by atoms with Crippen molar-refractivity contribution in [1.82, 2.24) is 0 Å². The predicted octanol–water partition coefficient (Wildman–Crippen LogP) is 7.20. The lowest BCUT2D eigenvalue weighted by Gasteiger charge is -2.47. The van der Waals surface area contributed by atoms with Crippen LogP contribution in [0.3, 0.4) is 0 Å². The van der Waals surface area contributed by atoms with Crippen LogP contribution in [0.5, 0.6) is 11.5 Å². The second-order valence-corrected chi connectivity index (χ2v) is 14.8. The number of hydrogen-bond acceptors (Lipinski definition) is 6. The molecule has 0 aliphatic heterocycles. The van der Waals surface area contributed by atoms with Gasteiger partial charge in [0.25, 0.3) is 0 Å². The highest BCUT2D eigenvalue weighted by Gasteiger charge is 2.45. The topological polar surface area (TPSA) is 105 Å². The molecule has 6 rings (SSSR count). The summed E-state index contributed by atoms with van der Waals surface area (Å²) in [6.45, 7) is 4.59. The van der Waals surface area contributed by atoms with Crippen molar-refractivity contribution in [2.45, 2.75) is 139 Å². The van der Waals surface area contributed by atoms with E-state index in [4.69, 9.17) is 20.9 Å². The molecule has 2 aromatic rings. The predicted molar refractivity (Wildman–Crippen MR) is 174 cm³/mol. The first-order valence-electron chi connectivity index (χ1n) is 17.4. The van der Waals surface area contributed by atoms with E-state index in [1.165, 1.54) is 73.6 Å². The van der Waals surface area contributed by atoms with Gasteiger partial charge in [0.1, 0.15) is 11.5 Å². The summed E-state index contributed by atoms with van der Waals surface area (Å²) in [5, 5.41) is 0. The first-order valence-corrected chi connectivity index (χ1v) is 17.4. The smallest absolute Gasteiger partial charge is 0.311 e. The van der Waals surface area contributed by atoms with Crippen LogP contribution in [0.1, 0.15) is 126 Å². The number of unbranched alkanes of at least 4 members (excludes halogenated alkanes) is 1. The molecular weight excluding hydrogens is 548 g/mol. The Bertz CT molecular complexity index is 1270. The van der Waals surface area contributed by atoms with Crippen molar-refractivity contribution >= 4 is 11.9 Å². The zero-order chi connectivity index (χ0) is 30.9. The molecule has 6 heteroatoms. The lowest BCUT2D eigenvalue weighted by molar-refractivity contribution is -0.136. The highest BCUT2D eigenvalue weighted by molar-refractivity contribution is 5.74. The van der Waals surface area contributed by atoms with E-state index in [-0.39, 0.29) is 47.7 Å². The molecule has 4 N–H and O–H groups in total. The van der Waals surface area contributed by atoms with Gasteiger partial charge in [-0.15, -0.1) is 0 Å². The van der Waals surface area contributed by atoms with Gasteiger partial charge >= 0.3 is 11.9 Å². The normalized spacial score (nSPS) is 31.3. The van der Waals surface area contributed by atoms with Gasteiger partial charge < -0.3 is 20.9 Å². The monoisotopic (exact) mass is 600 g/mol. The molecule has 4 aliphatic carbocycles. The van der Waals surface area contributed by atoms with Crippen molar-refractivity contribution in [3.05, 3.63) is 58.7 Å². The van der Waals surface area contributed by atoms with E-state index in [1.54, 1.807) is 0 Å². The Kier molecular flexibility index (Phi) is 9.22. The van der Waals surface area contributed by atoms with E-state index in [9.17, 15) is 9.59 Å². The Balaban J connectivity index is 1.000. The maximum atomic E-state index is 12.7. The van der Waals surface area contributed by atoms with Crippen molar-refractivity contribution in [3.8, 4) is 11.5 Å². The lowest BCUT2D eigenvalue weighted by Crippen LogP contribution is -2.52. The number of benzene rings is 2. The third-order valence-electron chi connectivity index (χ3n) is 11.9. The summed E-state index contributed by atoms with van der Waals surface area (Å²) < 4.78 is 11.5. The molecular formula is C38H52N2O4. The van der Waals surface area contributed by atoms with Crippen molar-refractivity contribution in [2.75, 3.05) is 0 Å². The number of ether oxygens (including phenoxy) is 2. The van der Waals surface area contributed by atoms with E-state index < -0.39 is 0 Å². The van der Waals surface area contributed by atoms with E-state index in [0.717, 1.165) is 25.7 Å². The molecule has 0 spiro atoms. The van der Waals surface area contributed by atoms with Gasteiger partial charge in [0, 0.05) is 35.8 Å². The molecule has 0 saturated heterocycles. The first-order chi connectivity index (χ1) is 21.2. The van der Waals surface area contributed by atoms with Gasteiger partial charge in [0.05, 0.1) is 0 Å². The minimum absolute atomic E-state index is 0.0826. The highest BCUT2D eigenvalue weighted by Crippen LogP contribution is 2.48. The van der Waals surface area contributed by atoms with Crippen LogP contribution >= 0.6 is 0 Å². The fourth-order valence-electron chi connectivity index (χ4n) is 9.10. The third-order valence-corrected chi connectivity index (χ3v) is 11.9. The lowest BCUT2D eigenvalue weighted by atomic mass is 9.60. The fourth-order valence-corrected chi connectivity index (χ4v) is 9.10. The van der Waals surface area contributed by atoms with Crippen molar-refractivity contribution in [2.24, 2.45) is 23.3 Å². The molecule has 2 aromatic carbocycles. The Morgan fingerprint density at radius 2 is 1.11 bits per heavy atom. The Morgan fingerprint density at radius 3 is 1.55 bits per heavy atom. The molecule has 6 atom stereocenters. The maximum Gasteiger partial charge on any atom is 0.311 e. The summed E-state index contributed by atoms with van der Waals surface area (Å²) in [6.07, 6.45) is 15.6. The molecule has 0 aromatic heterocycles. The molecule has 238 valence electrons. The van der Waals surface area contributed by atoms with Crippen molar-refractivity contribution < 1.29 is 19.1 Å². The van der Waals surface area contributed by atoms with Crippen LogP contribution in [-0.4, -0.2) is 24.0 Å². The fraction of sp³-hybridized carbons (Fsp3) is 0.632. The van der Waals surface area contributed by atoms with Gasteiger partial charge in [-0.25, -0.2) is 0 Å². The highest BCUT2D eigenvalue weighted by atomic mass is 16.5. The number of fused-ring (bicyclic) bond motifs is 8. The Morgan fingerprint density at radius 1 is 0.682 bits per heavy atom. The number of carbonyl (C=O) groups is 2. The molecule has 6 nitrogen and oxygen atoms in total. The summed E-state index contributed by atoms with van der Waals surface area (Å²) in [7, 11) is 0. The van der Waals surface area contributed by atoms with E-state index >= 15 is 0 Å². The molecule has 0 radical (unpaired) electrons. The molecule has 4 aliphatic rings. The van der Waals surface area contributed by atoms with Gasteiger partial charge in [0.2, 0.25) is 0 Å². The molecule has 2 fully saturated rings.